The van der Waals surface area contributed by atoms with E-state index in [2.05, 4.69) is 35.8 Å². The van der Waals surface area contributed by atoms with Crippen LogP contribution in [0.25, 0.3) is 0 Å². The van der Waals surface area contributed by atoms with Crippen LogP contribution in [0.1, 0.15) is 36.4 Å². The second kappa shape index (κ2) is 7.17. The van der Waals surface area contributed by atoms with Gasteiger partial charge in [0, 0.05) is 24.4 Å². The molecule has 0 spiro atoms. The smallest absolute Gasteiger partial charge is 0.0446 e. The minimum absolute atomic E-state index is 0.270. The van der Waals surface area contributed by atoms with Gasteiger partial charge in [0.1, 0.15) is 0 Å². The number of hydrogen-bond acceptors (Lipinski definition) is 3. The molecule has 3 heteroatoms. The molecule has 100 valence electrons. The molecule has 0 saturated heterocycles. The van der Waals surface area contributed by atoms with Crippen molar-refractivity contribution >= 4 is 11.8 Å². The molecular weight excluding hydrogens is 242 g/mol. The highest BCUT2D eigenvalue weighted by atomic mass is 32.2. The summed E-state index contributed by atoms with van der Waals surface area (Å²) in [6, 6.07) is 9.66. The Balaban J connectivity index is 2.05. The highest BCUT2D eigenvalue weighted by Gasteiger charge is 2.21. The van der Waals surface area contributed by atoms with E-state index in [1.807, 2.05) is 11.8 Å². The molecule has 0 aromatic heterocycles. The number of thioether (sulfide) groups is 1. The molecular formula is C15H23NOS. The van der Waals surface area contributed by atoms with Gasteiger partial charge < -0.3 is 10.4 Å². The van der Waals surface area contributed by atoms with Crippen LogP contribution in [0.5, 0.6) is 0 Å². The van der Waals surface area contributed by atoms with Crippen molar-refractivity contribution in [3.63, 3.8) is 0 Å². The molecule has 2 N–H and O–H groups in total. The first-order chi connectivity index (χ1) is 8.85. The van der Waals surface area contributed by atoms with Crippen molar-refractivity contribution in [2.45, 2.75) is 37.8 Å². The van der Waals surface area contributed by atoms with E-state index in [9.17, 15) is 0 Å². The molecule has 1 aromatic rings. The van der Waals surface area contributed by atoms with Crippen molar-refractivity contribution in [1.29, 1.82) is 0 Å². The molecule has 0 aliphatic heterocycles. The zero-order valence-corrected chi connectivity index (χ0v) is 11.9. The summed E-state index contributed by atoms with van der Waals surface area (Å²) in [4.78, 5) is 0. The van der Waals surface area contributed by atoms with Gasteiger partial charge in [-0.05, 0) is 43.1 Å². The number of aryl methyl sites for hydroxylation is 1. The Morgan fingerprint density at radius 3 is 3.06 bits per heavy atom. The van der Waals surface area contributed by atoms with Gasteiger partial charge in [0.05, 0.1) is 0 Å². The molecule has 0 fully saturated rings. The van der Waals surface area contributed by atoms with Crippen LogP contribution >= 0.6 is 11.8 Å². The summed E-state index contributed by atoms with van der Waals surface area (Å²) in [6.07, 6.45) is 6.66. The van der Waals surface area contributed by atoms with Gasteiger partial charge in [-0.2, -0.15) is 11.8 Å². The summed E-state index contributed by atoms with van der Waals surface area (Å²) >= 11 is 1.85. The van der Waals surface area contributed by atoms with E-state index in [1.54, 1.807) is 0 Å². The van der Waals surface area contributed by atoms with Crippen molar-refractivity contribution in [2.24, 2.45) is 0 Å². The Morgan fingerprint density at radius 1 is 1.44 bits per heavy atom. The second-order valence-electron chi connectivity index (χ2n) is 4.97. The van der Waals surface area contributed by atoms with Gasteiger partial charge in [-0.15, -0.1) is 0 Å². The van der Waals surface area contributed by atoms with Crippen LogP contribution in [-0.4, -0.2) is 29.8 Å². The Labute approximate surface area is 114 Å². The average molecular weight is 265 g/mol. The minimum atomic E-state index is 0.270. The van der Waals surface area contributed by atoms with Crippen LogP contribution in [-0.2, 0) is 6.42 Å². The molecule has 0 bridgehead atoms. The molecule has 18 heavy (non-hydrogen) atoms. The van der Waals surface area contributed by atoms with E-state index in [1.165, 1.54) is 30.4 Å². The standard InChI is InChI=1S/C15H23NOS/c1-18-11-13(9-10-17)16-15-8-4-6-12-5-2-3-7-14(12)15/h2-3,5,7,13,15-17H,4,6,8-11H2,1H3. The third-order valence-corrected chi connectivity index (χ3v) is 4.39. The van der Waals surface area contributed by atoms with E-state index in [-0.39, 0.29) is 6.61 Å². The summed E-state index contributed by atoms with van der Waals surface area (Å²) < 4.78 is 0. The maximum absolute atomic E-state index is 9.14. The maximum Gasteiger partial charge on any atom is 0.0446 e. The number of benzene rings is 1. The summed E-state index contributed by atoms with van der Waals surface area (Å²) in [5.74, 6) is 1.07. The van der Waals surface area contributed by atoms with Crippen LogP contribution in [0.4, 0.5) is 0 Å². The molecule has 0 saturated carbocycles. The molecule has 2 unspecified atom stereocenters. The quantitative estimate of drug-likeness (QED) is 0.829. The summed E-state index contributed by atoms with van der Waals surface area (Å²) in [6.45, 7) is 0.270. The Hall–Kier alpha value is -0.510. The van der Waals surface area contributed by atoms with E-state index in [0.29, 0.717) is 12.1 Å². The molecule has 0 heterocycles. The van der Waals surface area contributed by atoms with E-state index < -0.39 is 0 Å². The van der Waals surface area contributed by atoms with Gasteiger partial charge in [-0.3, -0.25) is 0 Å². The second-order valence-corrected chi connectivity index (χ2v) is 5.89. The van der Waals surface area contributed by atoms with Crippen LogP contribution in [0, 0.1) is 0 Å². The number of nitrogens with one attached hydrogen (secondary N) is 1. The fraction of sp³-hybridized carbons (Fsp3) is 0.600. The predicted molar refractivity (Wildman–Crippen MR) is 79.1 cm³/mol. The third kappa shape index (κ3) is 3.50. The van der Waals surface area contributed by atoms with Crippen molar-refractivity contribution in [2.75, 3.05) is 18.6 Å². The highest BCUT2D eigenvalue weighted by Crippen LogP contribution is 2.30. The average Bonchev–Trinajstić information content (AvgIpc) is 2.40. The topological polar surface area (TPSA) is 32.3 Å². The fourth-order valence-corrected chi connectivity index (χ4v) is 3.45. The lowest BCUT2D eigenvalue weighted by atomic mass is 9.87. The number of hydrogen-bond donors (Lipinski definition) is 2. The summed E-state index contributed by atoms with van der Waals surface area (Å²) in [5, 5.41) is 12.9. The highest BCUT2D eigenvalue weighted by molar-refractivity contribution is 7.98. The van der Waals surface area contributed by atoms with E-state index in [0.717, 1.165) is 12.2 Å². The van der Waals surface area contributed by atoms with Crippen molar-refractivity contribution in [3.8, 4) is 0 Å². The molecule has 0 radical (unpaired) electrons. The lowest BCUT2D eigenvalue weighted by molar-refractivity contribution is 0.261. The van der Waals surface area contributed by atoms with Crippen molar-refractivity contribution in [3.05, 3.63) is 35.4 Å². The Bertz CT molecular complexity index is 363. The molecule has 1 aliphatic rings. The van der Waals surface area contributed by atoms with Gasteiger partial charge in [0.2, 0.25) is 0 Å². The molecule has 0 amide bonds. The van der Waals surface area contributed by atoms with Crippen molar-refractivity contribution in [1.82, 2.24) is 5.32 Å². The molecule has 1 aromatic carbocycles. The van der Waals surface area contributed by atoms with Gasteiger partial charge in [0.15, 0.2) is 0 Å². The number of rotatable bonds is 6. The van der Waals surface area contributed by atoms with Gasteiger partial charge in [0.25, 0.3) is 0 Å². The SMILES string of the molecule is CSCC(CCO)NC1CCCc2ccccc21. The van der Waals surface area contributed by atoms with Gasteiger partial charge in [-0.25, -0.2) is 0 Å². The largest absolute Gasteiger partial charge is 0.396 e. The normalized spacial score (nSPS) is 20.4. The van der Waals surface area contributed by atoms with E-state index in [4.69, 9.17) is 5.11 Å². The predicted octanol–water partition coefficient (Wildman–Crippen LogP) is 2.77. The Kier molecular flexibility index (Phi) is 5.54. The third-order valence-electron chi connectivity index (χ3n) is 3.65. The maximum atomic E-state index is 9.14. The lowest BCUT2D eigenvalue weighted by Gasteiger charge is -2.30. The number of aliphatic hydroxyl groups excluding tert-OH is 1. The van der Waals surface area contributed by atoms with Crippen molar-refractivity contribution < 1.29 is 5.11 Å². The zero-order valence-electron chi connectivity index (χ0n) is 11.1. The Morgan fingerprint density at radius 2 is 2.28 bits per heavy atom. The van der Waals surface area contributed by atoms with Crippen LogP contribution in [0.2, 0.25) is 0 Å². The van der Waals surface area contributed by atoms with Crippen LogP contribution < -0.4 is 5.32 Å². The van der Waals surface area contributed by atoms with Crippen LogP contribution in [0.3, 0.4) is 0 Å². The summed E-state index contributed by atoms with van der Waals surface area (Å²) in [5.41, 5.74) is 2.96. The number of aliphatic hydroxyl groups is 1. The lowest BCUT2D eigenvalue weighted by Crippen LogP contribution is -2.37. The zero-order chi connectivity index (χ0) is 12.8. The monoisotopic (exact) mass is 265 g/mol. The molecule has 1 aliphatic carbocycles. The molecule has 2 atom stereocenters. The minimum Gasteiger partial charge on any atom is -0.396 e. The summed E-state index contributed by atoms with van der Waals surface area (Å²) in [7, 11) is 0. The first-order valence-electron chi connectivity index (χ1n) is 6.78. The van der Waals surface area contributed by atoms with E-state index >= 15 is 0 Å². The first kappa shape index (κ1) is 13.9. The van der Waals surface area contributed by atoms with Crippen LogP contribution in [0.15, 0.2) is 24.3 Å². The van der Waals surface area contributed by atoms with Gasteiger partial charge in [-0.1, -0.05) is 24.3 Å². The molecule has 2 rings (SSSR count). The number of fused-ring (bicyclic) bond motifs is 1. The fourth-order valence-electron chi connectivity index (χ4n) is 2.78. The molecule has 2 nitrogen and oxygen atoms in total. The first-order valence-corrected chi connectivity index (χ1v) is 8.18. The van der Waals surface area contributed by atoms with Gasteiger partial charge >= 0.3 is 0 Å².